The number of hydrogen-bond donors (Lipinski definition) is 2. The van der Waals surface area contributed by atoms with E-state index in [0.717, 1.165) is 30.8 Å². The molecule has 0 aliphatic carbocycles. The summed E-state index contributed by atoms with van der Waals surface area (Å²) in [7, 11) is 1.63. The average Bonchev–Trinajstić information content (AvgIpc) is 2.75. The lowest BCUT2D eigenvalue weighted by Crippen LogP contribution is -2.30. The molecule has 0 aromatic heterocycles. The minimum Gasteiger partial charge on any atom is -0.497 e. The maximum absolute atomic E-state index is 10.1. The largest absolute Gasteiger partial charge is 0.497 e. The number of methoxy groups -OCH3 is 1. The van der Waals surface area contributed by atoms with E-state index in [0.29, 0.717) is 6.54 Å². The molecule has 1 unspecified atom stereocenters. The summed E-state index contributed by atoms with van der Waals surface area (Å²) in [5.41, 5.74) is 6.74. The second-order valence-corrected chi connectivity index (χ2v) is 4.60. The van der Waals surface area contributed by atoms with E-state index in [9.17, 15) is 5.11 Å². The zero-order valence-electron chi connectivity index (χ0n) is 10.2. The number of ether oxygens (including phenoxy) is 1. The Hall–Kier alpha value is -1.10. The molecule has 0 spiro atoms. The number of nitrogens with two attached hydrogens (primary N) is 1. The molecule has 2 atom stereocenters. The van der Waals surface area contributed by atoms with Gasteiger partial charge in [0.25, 0.3) is 0 Å². The Morgan fingerprint density at radius 2 is 2.41 bits per heavy atom. The highest BCUT2D eigenvalue weighted by Gasteiger charge is 2.21. The SMILES string of the molecule is COc1cccc(C(O)CN2CC[C@H](N)C2)c1. The van der Waals surface area contributed by atoms with Gasteiger partial charge < -0.3 is 15.6 Å². The van der Waals surface area contributed by atoms with E-state index in [2.05, 4.69) is 4.90 Å². The number of rotatable bonds is 4. The summed E-state index contributed by atoms with van der Waals surface area (Å²) in [6.45, 7) is 2.49. The van der Waals surface area contributed by atoms with E-state index in [1.165, 1.54) is 0 Å². The summed E-state index contributed by atoms with van der Waals surface area (Å²) >= 11 is 0. The highest BCUT2D eigenvalue weighted by Crippen LogP contribution is 2.21. The first-order chi connectivity index (χ1) is 8.19. The van der Waals surface area contributed by atoms with Crippen molar-refractivity contribution in [3.8, 4) is 5.75 Å². The normalized spacial score (nSPS) is 22.6. The Labute approximate surface area is 102 Å². The molecule has 1 heterocycles. The summed E-state index contributed by atoms with van der Waals surface area (Å²) in [6.07, 6.45) is 0.542. The smallest absolute Gasteiger partial charge is 0.119 e. The molecular formula is C13H20N2O2. The van der Waals surface area contributed by atoms with E-state index < -0.39 is 6.10 Å². The van der Waals surface area contributed by atoms with Crippen LogP contribution < -0.4 is 10.5 Å². The van der Waals surface area contributed by atoms with Crippen molar-refractivity contribution >= 4 is 0 Å². The van der Waals surface area contributed by atoms with Crippen molar-refractivity contribution in [2.45, 2.75) is 18.6 Å². The van der Waals surface area contributed by atoms with Crippen LogP contribution in [0.4, 0.5) is 0 Å². The molecule has 1 fully saturated rings. The Kier molecular flexibility index (Phi) is 3.99. The molecule has 94 valence electrons. The van der Waals surface area contributed by atoms with Crippen LogP contribution in [-0.2, 0) is 0 Å². The Bertz CT molecular complexity index is 370. The summed E-state index contributed by atoms with van der Waals surface area (Å²) < 4.78 is 5.15. The molecule has 1 aliphatic rings. The Morgan fingerprint density at radius 3 is 3.06 bits per heavy atom. The second kappa shape index (κ2) is 5.49. The summed E-state index contributed by atoms with van der Waals surface area (Å²) in [4.78, 5) is 2.20. The molecule has 3 N–H and O–H groups in total. The monoisotopic (exact) mass is 236 g/mol. The molecule has 17 heavy (non-hydrogen) atoms. The standard InChI is InChI=1S/C13H20N2O2/c1-17-12-4-2-3-10(7-12)13(16)9-15-6-5-11(14)8-15/h2-4,7,11,13,16H,5-6,8-9,14H2,1H3/t11-,13?/m0/s1. The number of aliphatic hydroxyl groups excluding tert-OH is 1. The summed E-state index contributed by atoms with van der Waals surface area (Å²) in [5.74, 6) is 0.777. The van der Waals surface area contributed by atoms with Crippen LogP contribution in [0.1, 0.15) is 18.1 Å². The lowest BCUT2D eigenvalue weighted by molar-refractivity contribution is 0.125. The number of β-amino-alcohol motifs (C(OH)–C–C–N with tert-alkyl or cyclic N) is 1. The molecule has 1 aliphatic heterocycles. The fraction of sp³-hybridized carbons (Fsp3) is 0.538. The lowest BCUT2D eigenvalue weighted by atomic mass is 10.1. The number of benzene rings is 1. The van der Waals surface area contributed by atoms with Crippen LogP contribution in [0.2, 0.25) is 0 Å². The molecule has 1 saturated heterocycles. The molecule has 0 radical (unpaired) electrons. The lowest BCUT2D eigenvalue weighted by Gasteiger charge is -2.20. The number of nitrogens with zero attached hydrogens (tertiary/aromatic N) is 1. The highest BCUT2D eigenvalue weighted by atomic mass is 16.5. The number of aliphatic hydroxyl groups is 1. The predicted octanol–water partition coefficient (Wildman–Crippen LogP) is 0.762. The third-order valence-electron chi connectivity index (χ3n) is 3.22. The van der Waals surface area contributed by atoms with Crippen LogP contribution in [0.25, 0.3) is 0 Å². The topological polar surface area (TPSA) is 58.7 Å². The van der Waals surface area contributed by atoms with E-state index in [1.807, 2.05) is 24.3 Å². The van der Waals surface area contributed by atoms with E-state index in [1.54, 1.807) is 7.11 Å². The Balaban J connectivity index is 1.96. The third-order valence-corrected chi connectivity index (χ3v) is 3.22. The van der Waals surface area contributed by atoms with Crippen molar-refractivity contribution in [3.63, 3.8) is 0 Å². The van der Waals surface area contributed by atoms with Gasteiger partial charge in [-0.05, 0) is 30.7 Å². The number of likely N-dealkylation sites (tertiary alicyclic amines) is 1. The summed E-state index contributed by atoms with van der Waals surface area (Å²) in [5, 5.41) is 10.1. The van der Waals surface area contributed by atoms with Crippen molar-refractivity contribution in [1.82, 2.24) is 4.90 Å². The van der Waals surface area contributed by atoms with Crippen LogP contribution in [0, 0.1) is 0 Å². The quantitative estimate of drug-likeness (QED) is 0.810. The van der Waals surface area contributed by atoms with Gasteiger partial charge in [-0.25, -0.2) is 0 Å². The molecular weight excluding hydrogens is 216 g/mol. The molecule has 4 nitrogen and oxygen atoms in total. The van der Waals surface area contributed by atoms with Gasteiger partial charge in [0, 0.05) is 19.1 Å². The Morgan fingerprint density at radius 1 is 1.59 bits per heavy atom. The molecule has 0 amide bonds. The van der Waals surface area contributed by atoms with Gasteiger partial charge in [0.05, 0.1) is 13.2 Å². The van der Waals surface area contributed by atoms with Crippen molar-refractivity contribution in [3.05, 3.63) is 29.8 Å². The van der Waals surface area contributed by atoms with Crippen LogP contribution in [0.5, 0.6) is 5.75 Å². The average molecular weight is 236 g/mol. The molecule has 2 rings (SSSR count). The highest BCUT2D eigenvalue weighted by molar-refractivity contribution is 5.29. The van der Waals surface area contributed by atoms with Crippen LogP contribution >= 0.6 is 0 Å². The van der Waals surface area contributed by atoms with Gasteiger partial charge in [-0.15, -0.1) is 0 Å². The molecule has 0 bridgehead atoms. The van der Waals surface area contributed by atoms with E-state index in [4.69, 9.17) is 10.5 Å². The fourth-order valence-corrected chi connectivity index (χ4v) is 2.23. The van der Waals surface area contributed by atoms with Crippen LogP contribution in [-0.4, -0.2) is 42.8 Å². The second-order valence-electron chi connectivity index (χ2n) is 4.60. The van der Waals surface area contributed by atoms with Crippen molar-refractivity contribution in [1.29, 1.82) is 0 Å². The van der Waals surface area contributed by atoms with Gasteiger partial charge in [0.1, 0.15) is 5.75 Å². The third kappa shape index (κ3) is 3.19. The molecule has 1 aromatic carbocycles. The minimum atomic E-state index is -0.476. The molecule has 4 heteroatoms. The van der Waals surface area contributed by atoms with Gasteiger partial charge in [-0.2, -0.15) is 0 Å². The van der Waals surface area contributed by atoms with Gasteiger partial charge >= 0.3 is 0 Å². The predicted molar refractivity (Wildman–Crippen MR) is 67.0 cm³/mol. The van der Waals surface area contributed by atoms with Gasteiger partial charge in [0.15, 0.2) is 0 Å². The molecule has 1 aromatic rings. The zero-order chi connectivity index (χ0) is 12.3. The van der Waals surface area contributed by atoms with Crippen LogP contribution in [0.15, 0.2) is 24.3 Å². The maximum Gasteiger partial charge on any atom is 0.119 e. The minimum absolute atomic E-state index is 0.257. The first kappa shape index (κ1) is 12.4. The maximum atomic E-state index is 10.1. The zero-order valence-corrected chi connectivity index (χ0v) is 10.2. The van der Waals surface area contributed by atoms with Crippen LogP contribution in [0.3, 0.4) is 0 Å². The first-order valence-electron chi connectivity index (χ1n) is 5.99. The van der Waals surface area contributed by atoms with Crippen molar-refractivity contribution in [2.75, 3.05) is 26.7 Å². The number of hydrogen-bond acceptors (Lipinski definition) is 4. The fourth-order valence-electron chi connectivity index (χ4n) is 2.23. The summed E-state index contributed by atoms with van der Waals surface area (Å²) in [6, 6.07) is 7.83. The van der Waals surface area contributed by atoms with Gasteiger partial charge in [-0.3, -0.25) is 4.90 Å². The van der Waals surface area contributed by atoms with E-state index >= 15 is 0 Å². The van der Waals surface area contributed by atoms with Crippen molar-refractivity contribution < 1.29 is 9.84 Å². The van der Waals surface area contributed by atoms with Gasteiger partial charge in [-0.1, -0.05) is 12.1 Å². The molecule has 0 saturated carbocycles. The van der Waals surface area contributed by atoms with Crippen molar-refractivity contribution in [2.24, 2.45) is 5.73 Å². The van der Waals surface area contributed by atoms with E-state index in [-0.39, 0.29) is 6.04 Å². The van der Waals surface area contributed by atoms with Gasteiger partial charge in [0.2, 0.25) is 0 Å². The first-order valence-corrected chi connectivity index (χ1v) is 5.99.